The van der Waals surface area contributed by atoms with Gasteiger partial charge in [0.25, 0.3) is 5.91 Å². The van der Waals surface area contributed by atoms with Crippen LogP contribution in [0.25, 0.3) is 0 Å². The average Bonchev–Trinajstić information content (AvgIpc) is 2.67. The molecule has 0 spiro atoms. The van der Waals surface area contributed by atoms with Crippen molar-refractivity contribution in [3.8, 4) is 0 Å². The zero-order valence-electron chi connectivity index (χ0n) is 12.8. The third-order valence-corrected chi connectivity index (χ3v) is 4.44. The molecule has 2 unspecified atom stereocenters. The number of amides is 1. The summed E-state index contributed by atoms with van der Waals surface area (Å²) in [4.78, 5) is 27.1. The number of nitrogens with one attached hydrogen (secondary N) is 2. The van der Waals surface area contributed by atoms with Gasteiger partial charge in [-0.2, -0.15) is 0 Å². The lowest BCUT2D eigenvalue weighted by Crippen LogP contribution is -2.41. The van der Waals surface area contributed by atoms with Crippen molar-refractivity contribution in [2.45, 2.75) is 59.4 Å². The van der Waals surface area contributed by atoms with Gasteiger partial charge in [-0.3, -0.25) is 9.59 Å². The Bertz CT molecular complexity index is 531. The second-order valence-corrected chi connectivity index (χ2v) is 6.02. The molecule has 20 heavy (non-hydrogen) atoms. The molecule has 0 radical (unpaired) electrons. The molecule has 2 N–H and O–H groups in total. The van der Waals surface area contributed by atoms with Crippen LogP contribution in [0, 0.1) is 19.8 Å². The third kappa shape index (κ3) is 2.79. The molecular formula is C16H24N2O2. The number of aromatic amines is 1. The van der Waals surface area contributed by atoms with Gasteiger partial charge in [-0.05, 0) is 45.1 Å². The SMILES string of the molecule is CC(=O)c1c(C)[nH]c(C(=O)NC2CCCCC2C)c1C. The molecule has 1 aliphatic rings. The van der Waals surface area contributed by atoms with E-state index in [9.17, 15) is 9.59 Å². The number of rotatable bonds is 3. The Morgan fingerprint density at radius 1 is 1.20 bits per heavy atom. The number of H-pyrrole nitrogens is 1. The van der Waals surface area contributed by atoms with Gasteiger partial charge in [0.2, 0.25) is 0 Å². The molecule has 1 aliphatic carbocycles. The molecule has 110 valence electrons. The summed E-state index contributed by atoms with van der Waals surface area (Å²) < 4.78 is 0. The summed E-state index contributed by atoms with van der Waals surface area (Å²) in [5.74, 6) is 0.439. The Morgan fingerprint density at radius 3 is 2.40 bits per heavy atom. The van der Waals surface area contributed by atoms with Crippen LogP contribution in [0.3, 0.4) is 0 Å². The Hall–Kier alpha value is -1.58. The van der Waals surface area contributed by atoms with Crippen LogP contribution in [-0.2, 0) is 0 Å². The van der Waals surface area contributed by atoms with Crippen molar-refractivity contribution in [2.24, 2.45) is 5.92 Å². The van der Waals surface area contributed by atoms with Gasteiger partial charge in [0, 0.05) is 17.3 Å². The first kappa shape index (κ1) is 14.8. The molecule has 1 aromatic rings. The lowest BCUT2D eigenvalue weighted by atomic mass is 9.86. The van der Waals surface area contributed by atoms with Gasteiger partial charge in [0.05, 0.1) is 0 Å². The van der Waals surface area contributed by atoms with Crippen LogP contribution in [-0.4, -0.2) is 22.7 Å². The molecule has 1 heterocycles. The first-order valence-electron chi connectivity index (χ1n) is 7.42. The second-order valence-electron chi connectivity index (χ2n) is 6.02. The standard InChI is InChI=1S/C16H24N2O2/c1-9-7-5-6-8-13(9)18-16(20)15-10(2)14(12(4)19)11(3)17-15/h9,13,17H,5-8H2,1-4H3,(H,18,20). The van der Waals surface area contributed by atoms with Gasteiger partial charge in [0.15, 0.2) is 5.78 Å². The highest BCUT2D eigenvalue weighted by molar-refractivity contribution is 6.02. The van der Waals surface area contributed by atoms with Crippen molar-refractivity contribution in [1.29, 1.82) is 0 Å². The predicted molar refractivity (Wildman–Crippen MR) is 79.2 cm³/mol. The number of carbonyl (C=O) groups is 2. The highest BCUT2D eigenvalue weighted by atomic mass is 16.2. The van der Waals surface area contributed by atoms with Crippen molar-refractivity contribution in [3.63, 3.8) is 0 Å². The predicted octanol–water partition coefficient (Wildman–Crippen LogP) is 3.14. The van der Waals surface area contributed by atoms with E-state index in [1.165, 1.54) is 26.2 Å². The fourth-order valence-corrected chi connectivity index (χ4v) is 3.28. The maximum Gasteiger partial charge on any atom is 0.268 e. The van der Waals surface area contributed by atoms with E-state index in [0.29, 0.717) is 17.2 Å². The minimum atomic E-state index is -0.0863. The molecule has 0 aromatic carbocycles. The van der Waals surface area contributed by atoms with Gasteiger partial charge in [0.1, 0.15) is 5.69 Å². The van der Waals surface area contributed by atoms with Crippen LogP contribution in [0.1, 0.15) is 71.6 Å². The molecule has 1 aromatic heterocycles. The van der Waals surface area contributed by atoms with Crippen molar-refractivity contribution >= 4 is 11.7 Å². The topological polar surface area (TPSA) is 62.0 Å². The molecule has 2 atom stereocenters. The van der Waals surface area contributed by atoms with Crippen LogP contribution in [0.2, 0.25) is 0 Å². The number of carbonyl (C=O) groups excluding carboxylic acids is 2. The highest BCUT2D eigenvalue weighted by Crippen LogP contribution is 2.25. The van der Waals surface area contributed by atoms with E-state index in [0.717, 1.165) is 17.7 Å². The fraction of sp³-hybridized carbons (Fsp3) is 0.625. The molecule has 1 saturated carbocycles. The summed E-state index contributed by atoms with van der Waals surface area (Å²) >= 11 is 0. The van der Waals surface area contributed by atoms with Crippen LogP contribution in [0.5, 0.6) is 0 Å². The van der Waals surface area contributed by atoms with E-state index in [-0.39, 0.29) is 17.7 Å². The normalized spacial score (nSPS) is 22.6. The van der Waals surface area contributed by atoms with Gasteiger partial charge in [-0.1, -0.05) is 19.8 Å². The maximum atomic E-state index is 12.4. The molecule has 1 fully saturated rings. The Kier molecular flexibility index (Phi) is 4.31. The van der Waals surface area contributed by atoms with E-state index < -0.39 is 0 Å². The number of aromatic nitrogens is 1. The number of aryl methyl sites for hydroxylation is 1. The number of hydrogen-bond acceptors (Lipinski definition) is 2. The lowest BCUT2D eigenvalue weighted by Gasteiger charge is -2.29. The number of hydrogen-bond donors (Lipinski definition) is 2. The van der Waals surface area contributed by atoms with E-state index in [2.05, 4.69) is 17.2 Å². The number of ketones is 1. The maximum absolute atomic E-state index is 12.4. The molecule has 0 saturated heterocycles. The first-order chi connectivity index (χ1) is 9.41. The Morgan fingerprint density at radius 2 is 1.85 bits per heavy atom. The zero-order valence-corrected chi connectivity index (χ0v) is 12.8. The van der Waals surface area contributed by atoms with Crippen LogP contribution in [0.4, 0.5) is 0 Å². The minimum absolute atomic E-state index is 0.00124. The number of Topliss-reactive ketones (excluding diaryl/α,β-unsaturated/α-hetero) is 1. The third-order valence-electron chi connectivity index (χ3n) is 4.44. The highest BCUT2D eigenvalue weighted by Gasteiger charge is 2.26. The van der Waals surface area contributed by atoms with E-state index in [1.807, 2.05) is 13.8 Å². The van der Waals surface area contributed by atoms with Gasteiger partial charge >= 0.3 is 0 Å². The monoisotopic (exact) mass is 276 g/mol. The minimum Gasteiger partial charge on any atom is -0.354 e. The van der Waals surface area contributed by atoms with E-state index in [1.54, 1.807) is 0 Å². The summed E-state index contributed by atoms with van der Waals surface area (Å²) in [7, 11) is 0. The van der Waals surface area contributed by atoms with Crippen LogP contribution < -0.4 is 5.32 Å². The van der Waals surface area contributed by atoms with Gasteiger partial charge in [-0.25, -0.2) is 0 Å². The van der Waals surface area contributed by atoms with Crippen LogP contribution in [0.15, 0.2) is 0 Å². The summed E-state index contributed by atoms with van der Waals surface area (Å²) in [5, 5.41) is 3.12. The zero-order chi connectivity index (χ0) is 14.9. The molecular weight excluding hydrogens is 252 g/mol. The second kappa shape index (κ2) is 5.81. The molecule has 0 bridgehead atoms. The average molecular weight is 276 g/mol. The Balaban J connectivity index is 2.17. The Labute approximate surface area is 120 Å². The quantitative estimate of drug-likeness (QED) is 0.833. The van der Waals surface area contributed by atoms with Crippen LogP contribution >= 0.6 is 0 Å². The molecule has 2 rings (SSSR count). The molecule has 4 heteroatoms. The van der Waals surface area contributed by atoms with Gasteiger partial charge in [-0.15, -0.1) is 0 Å². The summed E-state index contributed by atoms with van der Waals surface area (Å²) in [6.45, 7) is 7.40. The molecule has 4 nitrogen and oxygen atoms in total. The largest absolute Gasteiger partial charge is 0.354 e. The van der Waals surface area contributed by atoms with E-state index in [4.69, 9.17) is 0 Å². The van der Waals surface area contributed by atoms with E-state index >= 15 is 0 Å². The first-order valence-corrected chi connectivity index (χ1v) is 7.42. The van der Waals surface area contributed by atoms with Crippen molar-refractivity contribution < 1.29 is 9.59 Å². The smallest absolute Gasteiger partial charge is 0.268 e. The summed E-state index contributed by atoms with van der Waals surface area (Å²) in [5.41, 5.74) is 2.71. The molecule has 0 aliphatic heterocycles. The molecule has 1 amide bonds. The fourth-order valence-electron chi connectivity index (χ4n) is 3.28. The van der Waals surface area contributed by atoms with Crippen molar-refractivity contribution in [2.75, 3.05) is 0 Å². The summed E-state index contributed by atoms with van der Waals surface area (Å²) in [6, 6.07) is 0.250. The summed E-state index contributed by atoms with van der Waals surface area (Å²) in [6.07, 6.45) is 4.65. The van der Waals surface area contributed by atoms with Crippen molar-refractivity contribution in [1.82, 2.24) is 10.3 Å². The van der Waals surface area contributed by atoms with Crippen molar-refractivity contribution in [3.05, 3.63) is 22.5 Å². The van der Waals surface area contributed by atoms with Gasteiger partial charge < -0.3 is 10.3 Å². The lowest BCUT2D eigenvalue weighted by molar-refractivity contribution is 0.0905.